The molecule has 0 saturated carbocycles. The highest BCUT2D eigenvalue weighted by Gasteiger charge is 2.32. The molecule has 1 N–H and O–H groups in total. The van der Waals surface area contributed by atoms with Crippen molar-refractivity contribution in [1.82, 2.24) is 14.9 Å². The lowest BCUT2D eigenvalue weighted by Crippen LogP contribution is -2.39. The zero-order valence-electron chi connectivity index (χ0n) is 20.1. The number of carbonyl (C=O) groups is 1. The minimum Gasteiger partial charge on any atom is -0.466 e. The van der Waals surface area contributed by atoms with Gasteiger partial charge in [-0.05, 0) is 37.5 Å². The summed E-state index contributed by atoms with van der Waals surface area (Å²) in [4.78, 5) is 35.7. The predicted molar refractivity (Wildman–Crippen MR) is 134 cm³/mol. The summed E-state index contributed by atoms with van der Waals surface area (Å²) in [5, 5.41) is 15.0. The van der Waals surface area contributed by atoms with Crippen LogP contribution in [0, 0.1) is 16.0 Å². The van der Waals surface area contributed by atoms with Gasteiger partial charge in [-0.1, -0.05) is 12.1 Å². The van der Waals surface area contributed by atoms with Crippen molar-refractivity contribution in [3.8, 4) is 0 Å². The Hall–Kier alpha value is -3.32. The fraction of sp³-hybridized carbons (Fsp3) is 0.522. The molecule has 0 bridgehead atoms. The van der Waals surface area contributed by atoms with Gasteiger partial charge in [0.15, 0.2) is 9.84 Å². The molecule has 4 rings (SSSR count). The van der Waals surface area contributed by atoms with Crippen molar-refractivity contribution < 1.29 is 22.9 Å². The summed E-state index contributed by atoms with van der Waals surface area (Å²) in [5.41, 5.74) is 1.43. The van der Waals surface area contributed by atoms with Crippen molar-refractivity contribution >= 4 is 38.8 Å². The van der Waals surface area contributed by atoms with Gasteiger partial charge in [0, 0.05) is 38.4 Å². The van der Waals surface area contributed by atoms with Gasteiger partial charge < -0.3 is 15.0 Å². The Bertz CT molecular complexity index is 1180. The Kier molecular flexibility index (Phi) is 7.99. The standard InChI is InChI=1S/C23H30N6O6S/c1-2-35-23(30)18-7-9-28(10-8-18)22-20(29(31)32)21(24-16-25-22)26-19-5-3-17(4-6-19)15-27-11-13-36(33,34)14-12-27/h3-6,16,18H,2,7-15H2,1H3,(H,24,25,26). The first-order chi connectivity index (χ1) is 17.3. The molecule has 2 aliphatic rings. The SMILES string of the molecule is CCOC(=O)C1CCN(c2ncnc(Nc3ccc(CN4CCS(=O)(=O)CC4)cc3)c2[N+](=O)[O-])CC1. The fourth-order valence-corrected chi connectivity index (χ4v) is 5.72. The second-order valence-corrected chi connectivity index (χ2v) is 11.2. The highest BCUT2D eigenvalue weighted by Crippen LogP contribution is 2.35. The minimum atomic E-state index is -2.92. The van der Waals surface area contributed by atoms with Crippen molar-refractivity contribution in [3.05, 3.63) is 46.3 Å². The number of esters is 1. The number of ether oxygens (including phenoxy) is 1. The lowest BCUT2D eigenvalue weighted by atomic mass is 9.97. The van der Waals surface area contributed by atoms with Gasteiger partial charge in [-0.25, -0.2) is 18.4 Å². The van der Waals surface area contributed by atoms with Crippen molar-refractivity contribution in [3.63, 3.8) is 0 Å². The third kappa shape index (κ3) is 6.26. The smallest absolute Gasteiger partial charge is 0.353 e. The fourth-order valence-electron chi connectivity index (χ4n) is 4.44. The molecule has 36 heavy (non-hydrogen) atoms. The molecule has 0 atom stereocenters. The number of anilines is 3. The maximum absolute atomic E-state index is 12.0. The Balaban J connectivity index is 1.43. The summed E-state index contributed by atoms with van der Waals surface area (Å²) in [5.74, 6) is 0.209. The number of aromatic nitrogens is 2. The Morgan fingerprint density at radius 3 is 2.42 bits per heavy atom. The first kappa shape index (κ1) is 25.8. The minimum absolute atomic E-state index is 0.0894. The summed E-state index contributed by atoms with van der Waals surface area (Å²) in [7, 11) is -2.92. The van der Waals surface area contributed by atoms with Gasteiger partial charge in [-0.3, -0.25) is 19.8 Å². The highest BCUT2D eigenvalue weighted by molar-refractivity contribution is 7.91. The number of benzene rings is 1. The average molecular weight is 519 g/mol. The van der Waals surface area contributed by atoms with Crippen molar-refractivity contribution in [2.75, 3.05) is 54.5 Å². The third-order valence-corrected chi connectivity index (χ3v) is 8.07. The molecule has 0 aliphatic carbocycles. The van der Waals surface area contributed by atoms with Crippen LogP contribution < -0.4 is 10.2 Å². The molecule has 2 aliphatic heterocycles. The molecule has 13 heteroatoms. The topological polar surface area (TPSA) is 148 Å². The van der Waals surface area contributed by atoms with E-state index < -0.39 is 14.8 Å². The van der Waals surface area contributed by atoms with E-state index in [-0.39, 0.29) is 40.7 Å². The van der Waals surface area contributed by atoms with E-state index in [1.54, 1.807) is 6.92 Å². The number of rotatable bonds is 8. The number of sulfone groups is 1. The lowest BCUT2D eigenvalue weighted by Gasteiger charge is -2.31. The van der Waals surface area contributed by atoms with E-state index >= 15 is 0 Å². The molecule has 2 saturated heterocycles. The Morgan fingerprint density at radius 2 is 1.81 bits per heavy atom. The summed E-state index contributed by atoms with van der Waals surface area (Å²) >= 11 is 0. The van der Waals surface area contributed by atoms with E-state index in [9.17, 15) is 23.3 Å². The van der Waals surface area contributed by atoms with Crippen LogP contribution in [0.15, 0.2) is 30.6 Å². The van der Waals surface area contributed by atoms with Gasteiger partial charge in [-0.15, -0.1) is 0 Å². The molecular weight excluding hydrogens is 488 g/mol. The molecule has 0 radical (unpaired) electrons. The first-order valence-electron chi connectivity index (χ1n) is 12.0. The van der Waals surface area contributed by atoms with Gasteiger partial charge >= 0.3 is 11.7 Å². The monoisotopic (exact) mass is 518 g/mol. The Morgan fingerprint density at radius 1 is 1.14 bits per heavy atom. The van der Waals surface area contributed by atoms with Crippen molar-refractivity contribution in [2.24, 2.45) is 5.92 Å². The normalized spacial score (nSPS) is 18.5. The number of nitro groups is 1. The molecule has 0 unspecified atom stereocenters. The van der Waals surface area contributed by atoms with Crippen LogP contribution in [0.25, 0.3) is 0 Å². The van der Waals surface area contributed by atoms with Crippen LogP contribution >= 0.6 is 0 Å². The molecule has 0 amide bonds. The molecule has 2 fully saturated rings. The first-order valence-corrected chi connectivity index (χ1v) is 13.8. The maximum atomic E-state index is 12.0. The highest BCUT2D eigenvalue weighted by atomic mass is 32.2. The number of nitrogens with zero attached hydrogens (tertiary/aromatic N) is 5. The summed E-state index contributed by atoms with van der Waals surface area (Å²) in [6.45, 7) is 4.65. The van der Waals surface area contributed by atoms with E-state index in [1.165, 1.54) is 6.33 Å². The van der Waals surface area contributed by atoms with Crippen molar-refractivity contribution in [2.45, 2.75) is 26.3 Å². The zero-order valence-corrected chi connectivity index (χ0v) is 20.9. The Labute approximate surface area is 209 Å². The van der Waals surface area contributed by atoms with Gasteiger partial charge in [0.05, 0.1) is 29.0 Å². The van der Waals surface area contributed by atoms with Gasteiger partial charge in [0.1, 0.15) is 6.33 Å². The number of piperidine rings is 1. The van der Waals surface area contributed by atoms with Gasteiger partial charge in [0.2, 0.25) is 11.6 Å². The predicted octanol–water partition coefficient (Wildman–Crippen LogP) is 2.14. The van der Waals surface area contributed by atoms with E-state index in [1.807, 2.05) is 29.2 Å². The zero-order chi connectivity index (χ0) is 25.7. The summed E-state index contributed by atoms with van der Waals surface area (Å²) < 4.78 is 28.3. The molecule has 0 spiro atoms. The van der Waals surface area contributed by atoms with E-state index in [2.05, 4.69) is 20.2 Å². The lowest BCUT2D eigenvalue weighted by molar-refractivity contribution is -0.383. The largest absolute Gasteiger partial charge is 0.466 e. The van der Waals surface area contributed by atoms with Crippen LogP contribution in [0.4, 0.5) is 23.0 Å². The van der Waals surface area contributed by atoms with Gasteiger partial charge in [-0.2, -0.15) is 0 Å². The van der Waals surface area contributed by atoms with Crippen molar-refractivity contribution in [1.29, 1.82) is 0 Å². The van der Waals surface area contributed by atoms with E-state index in [0.717, 1.165) is 5.56 Å². The van der Waals surface area contributed by atoms with Crippen LogP contribution in [0.1, 0.15) is 25.3 Å². The average Bonchev–Trinajstić information content (AvgIpc) is 2.86. The number of hydrogen-bond acceptors (Lipinski definition) is 11. The quantitative estimate of drug-likeness (QED) is 0.311. The van der Waals surface area contributed by atoms with E-state index in [4.69, 9.17) is 4.74 Å². The molecule has 1 aromatic heterocycles. The number of nitrogens with one attached hydrogen (secondary N) is 1. The maximum Gasteiger partial charge on any atom is 0.353 e. The van der Waals surface area contributed by atoms with Crippen LogP contribution in [0.5, 0.6) is 0 Å². The summed E-state index contributed by atoms with van der Waals surface area (Å²) in [6, 6.07) is 7.43. The number of carbonyl (C=O) groups excluding carboxylic acids is 1. The molecular formula is C23H30N6O6S. The number of hydrogen-bond donors (Lipinski definition) is 1. The van der Waals surface area contributed by atoms with Crippen LogP contribution in [-0.4, -0.2) is 78.5 Å². The molecule has 194 valence electrons. The second-order valence-electron chi connectivity index (χ2n) is 8.91. The molecule has 2 aromatic rings. The second kappa shape index (κ2) is 11.2. The van der Waals surface area contributed by atoms with Gasteiger partial charge in [0.25, 0.3) is 0 Å². The third-order valence-electron chi connectivity index (χ3n) is 6.46. The summed E-state index contributed by atoms with van der Waals surface area (Å²) in [6.07, 6.45) is 2.36. The van der Waals surface area contributed by atoms with Crippen LogP contribution in [0.2, 0.25) is 0 Å². The molecule has 12 nitrogen and oxygen atoms in total. The van der Waals surface area contributed by atoms with E-state index in [0.29, 0.717) is 57.9 Å². The molecule has 1 aromatic carbocycles. The van der Waals surface area contributed by atoms with Crippen LogP contribution in [-0.2, 0) is 25.9 Å². The molecule has 3 heterocycles. The van der Waals surface area contributed by atoms with Crippen LogP contribution in [0.3, 0.4) is 0 Å².